The van der Waals surface area contributed by atoms with Crippen LogP contribution in [0.4, 0.5) is 4.39 Å². The van der Waals surface area contributed by atoms with Crippen molar-refractivity contribution in [1.82, 2.24) is 45.5 Å². The Balaban J connectivity index is 1.26. The van der Waals surface area contributed by atoms with Crippen molar-refractivity contribution in [2.75, 3.05) is 33.7 Å². The van der Waals surface area contributed by atoms with Crippen molar-refractivity contribution in [3.63, 3.8) is 0 Å². The van der Waals surface area contributed by atoms with E-state index in [0.717, 1.165) is 5.69 Å². The third kappa shape index (κ3) is 6.36. The summed E-state index contributed by atoms with van der Waals surface area (Å²) in [4.78, 5) is 59.9. The molecule has 244 valence electrons. The van der Waals surface area contributed by atoms with Gasteiger partial charge < -0.3 is 29.9 Å². The van der Waals surface area contributed by atoms with Crippen molar-refractivity contribution < 1.29 is 28.1 Å². The van der Waals surface area contributed by atoms with Gasteiger partial charge in [0.25, 0.3) is 11.8 Å². The van der Waals surface area contributed by atoms with E-state index in [2.05, 4.69) is 26.1 Å². The van der Waals surface area contributed by atoms with Gasteiger partial charge in [0.2, 0.25) is 11.8 Å². The molecular weight excluding hydrogens is 597 g/mol. The number of halogens is 1. The van der Waals surface area contributed by atoms with Gasteiger partial charge in [0, 0.05) is 31.7 Å². The second kappa shape index (κ2) is 12.6. The first-order valence-corrected chi connectivity index (χ1v) is 15.5. The number of piperidine rings is 2. The molecule has 0 saturated carbocycles. The number of carbonyl (C=O) groups is 4. The minimum atomic E-state index is -0.987. The van der Waals surface area contributed by atoms with E-state index >= 15 is 0 Å². The van der Waals surface area contributed by atoms with Gasteiger partial charge >= 0.3 is 0 Å². The summed E-state index contributed by atoms with van der Waals surface area (Å²) in [5.41, 5.74) is 0.759. The second-order valence-electron chi connectivity index (χ2n) is 12.7. The zero-order valence-corrected chi connectivity index (χ0v) is 26.2. The zero-order chi connectivity index (χ0) is 32.6. The van der Waals surface area contributed by atoms with E-state index in [1.807, 2.05) is 25.2 Å². The van der Waals surface area contributed by atoms with E-state index in [1.165, 1.54) is 24.3 Å². The quantitative estimate of drug-likeness (QED) is 0.433. The van der Waals surface area contributed by atoms with Gasteiger partial charge in [-0.2, -0.15) is 0 Å². The Morgan fingerprint density at radius 3 is 2.59 bits per heavy atom. The highest BCUT2D eigenvalue weighted by Gasteiger charge is 2.45. The molecule has 15 heteroatoms. The first kappa shape index (κ1) is 31.3. The van der Waals surface area contributed by atoms with Crippen LogP contribution in [-0.4, -0.2) is 104 Å². The lowest BCUT2D eigenvalue weighted by molar-refractivity contribution is -0.144. The lowest BCUT2D eigenvalue weighted by atomic mass is 9.82. The smallest absolute Gasteiger partial charge is 0.257 e. The molecule has 2 aromatic heterocycles. The normalized spacial score (nSPS) is 22.1. The number of carbonyl (C=O) groups excluding carboxylic acids is 4. The number of benzene rings is 1. The number of rotatable bonds is 4. The summed E-state index contributed by atoms with van der Waals surface area (Å²) in [7, 11) is 3.89. The van der Waals surface area contributed by atoms with Gasteiger partial charge in [-0.05, 0) is 71.0 Å². The summed E-state index contributed by atoms with van der Waals surface area (Å²) in [6.45, 7) is 3.05. The van der Waals surface area contributed by atoms with Crippen LogP contribution >= 0.6 is 0 Å². The van der Waals surface area contributed by atoms with Crippen molar-refractivity contribution in [2.45, 2.75) is 69.7 Å². The van der Waals surface area contributed by atoms with Crippen molar-refractivity contribution in [2.24, 2.45) is 0 Å². The van der Waals surface area contributed by atoms with E-state index in [-0.39, 0.29) is 61.1 Å². The molecule has 2 atom stereocenters. The molecular formula is C31H38FN9O5. The predicted octanol–water partition coefficient (Wildman–Crippen LogP) is 1.43. The van der Waals surface area contributed by atoms with Gasteiger partial charge in [0.05, 0.1) is 42.1 Å². The van der Waals surface area contributed by atoms with Crippen LogP contribution in [-0.2, 0) is 22.7 Å². The van der Waals surface area contributed by atoms with Crippen molar-refractivity contribution in [3.8, 4) is 0 Å². The van der Waals surface area contributed by atoms with Crippen molar-refractivity contribution in [3.05, 3.63) is 64.6 Å². The standard InChI is InChI=1S/C31H38FN9O5/c1-19-27-25(46-36-19)16-33-28(43)24-14-23(41-18-22(35-37-41)17-38(2)3)8-11-40(24)26(42)15-31(34-29(27)44)9-12-39(13-10-31)30(45)20-4-6-21(32)7-5-20/h4-7,18,23-24H,8-17H2,1-3H3,(H,33,43)(H,34,44)/t23-,24-/m0/s1. The summed E-state index contributed by atoms with van der Waals surface area (Å²) >= 11 is 0. The maximum atomic E-state index is 14.1. The Bertz CT molecular complexity index is 1630. The molecule has 2 saturated heterocycles. The fourth-order valence-corrected chi connectivity index (χ4v) is 6.69. The number of nitrogens with one attached hydrogen (secondary N) is 2. The van der Waals surface area contributed by atoms with Gasteiger partial charge in [-0.1, -0.05) is 10.4 Å². The minimum Gasteiger partial charge on any atom is -0.358 e. The molecule has 0 unspecified atom stereocenters. The third-order valence-electron chi connectivity index (χ3n) is 9.16. The summed E-state index contributed by atoms with van der Waals surface area (Å²) < 4.78 is 20.7. The SMILES string of the molecule is Cc1noc2c1C(=O)NC1(CCN(C(=O)c3ccc(F)cc3)CC1)CC(=O)N1CC[C@H](n3cc(CN(C)C)nn3)C[C@H]1C(=O)NC2. The van der Waals surface area contributed by atoms with Gasteiger partial charge in [0.1, 0.15) is 17.4 Å². The number of hydrogen-bond acceptors (Lipinski definition) is 9. The molecule has 1 spiro atoms. The van der Waals surface area contributed by atoms with E-state index in [9.17, 15) is 23.6 Å². The molecule has 1 aromatic carbocycles. The van der Waals surface area contributed by atoms with E-state index in [4.69, 9.17) is 4.52 Å². The number of hydrogen-bond donors (Lipinski definition) is 2. The van der Waals surface area contributed by atoms with Gasteiger partial charge in [-0.15, -0.1) is 5.10 Å². The number of fused-ring (bicyclic) bond motifs is 2. The molecule has 5 heterocycles. The van der Waals surface area contributed by atoms with E-state index in [0.29, 0.717) is 50.0 Å². The molecule has 14 nitrogen and oxygen atoms in total. The van der Waals surface area contributed by atoms with E-state index < -0.39 is 23.3 Å². The summed E-state index contributed by atoms with van der Waals surface area (Å²) in [6, 6.07) is 4.43. The molecule has 3 aliphatic heterocycles. The molecule has 6 rings (SSSR count). The minimum absolute atomic E-state index is 0.0538. The molecule has 2 N–H and O–H groups in total. The monoisotopic (exact) mass is 635 g/mol. The lowest BCUT2D eigenvalue weighted by Crippen LogP contribution is -2.60. The second-order valence-corrected chi connectivity index (χ2v) is 12.7. The Kier molecular flexibility index (Phi) is 8.59. The van der Waals surface area contributed by atoms with Gasteiger partial charge in [-0.3, -0.25) is 19.2 Å². The molecule has 3 aliphatic rings. The zero-order valence-electron chi connectivity index (χ0n) is 26.2. The highest BCUT2D eigenvalue weighted by atomic mass is 19.1. The largest absolute Gasteiger partial charge is 0.358 e. The Labute approximate surface area is 265 Å². The summed E-state index contributed by atoms with van der Waals surface area (Å²) in [6.07, 6.45) is 3.34. The fraction of sp³-hybridized carbons (Fsp3) is 0.516. The van der Waals surface area contributed by atoms with Crippen LogP contribution in [0.5, 0.6) is 0 Å². The predicted molar refractivity (Wildman–Crippen MR) is 161 cm³/mol. The van der Waals surface area contributed by atoms with Crippen molar-refractivity contribution in [1.29, 1.82) is 0 Å². The molecule has 4 amide bonds. The summed E-state index contributed by atoms with van der Waals surface area (Å²) in [5.74, 6) is -1.53. The van der Waals surface area contributed by atoms with Gasteiger partial charge in [-0.25, -0.2) is 9.07 Å². The number of nitrogens with zero attached hydrogens (tertiary/aromatic N) is 7. The van der Waals surface area contributed by atoms with Crippen LogP contribution in [0.15, 0.2) is 35.0 Å². The Hall–Kier alpha value is -4.66. The highest BCUT2D eigenvalue weighted by Crippen LogP contribution is 2.33. The third-order valence-corrected chi connectivity index (χ3v) is 9.16. The average molecular weight is 636 g/mol. The molecule has 46 heavy (non-hydrogen) atoms. The molecule has 2 fully saturated rings. The molecule has 0 bridgehead atoms. The van der Waals surface area contributed by atoms with Crippen LogP contribution < -0.4 is 10.6 Å². The summed E-state index contributed by atoms with van der Waals surface area (Å²) in [5, 5.41) is 18.5. The molecule has 0 aliphatic carbocycles. The Morgan fingerprint density at radius 2 is 1.87 bits per heavy atom. The molecule has 0 radical (unpaired) electrons. The topological polar surface area (TPSA) is 159 Å². The molecule has 3 aromatic rings. The highest BCUT2D eigenvalue weighted by molar-refractivity contribution is 5.98. The fourth-order valence-electron chi connectivity index (χ4n) is 6.69. The van der Waals surface area contributed by atoms with Crippen LogP contribution in [0, 0.1) is 12.7 Å². The number of amides is 4. The number of aromatic nitrogens is 4. The average Bonchev–Trinajstić information content (AvgIpc) is 3.65. The van der Waals surface area contributed by atoms with Crippen molar-refractivity contribution >= 4 is 23.6 Å². The number of aryl methyl sites for hydroxylation is 1. The van der Waals surface area contributed by atoms with Crippen LogP contribution in [0.2, 0.25) is 0 Å². The lowest BCUT2D eigenvalue weighted by Gasteiger charge is -2.45. The Morgan fingerprint density at radius 1 is 1.13 bits per heavy atom. The maximum absolute atomic E-state index is 14.1. The maximum Gasteiger partial charge on any atom is 0.257 e. The van der Waals surface area contributed by atoms with Gasteiger partial charge in [0.15, 0.2) is 5.76 Å². The number of likely N-dealkylation sites (tertiary alicyclic amines) is 1. The van der Waals surface area contributed by atoms with Crippen LogP contribution in [0.1, 0.15) is 76.0 Å². The van der Waals surface area contributed by atoms with Crippen LogP contribution in [0.25, 0.3) is 0 Å². The van der Waals surface area contributed by atoms with E-state index in [1.54, 1.807) is 21.4 Å². The van der Waals surface area contributed by atoms with Crippen LogP contribution in [0.3, 0.4) is 0 Å². The first-order chi connectivity index (χ1) is 22.0. The first-order valence-electron chi connectivity index (χ1n) is 15.5.